The molecule has 2 heterocycles. The van der Waals surface area contributed by atoms with Gasteiger partial charge in [0.25, 0.3) is 0 Å². The molecule has 3 heteroatoms. The van der Waals surface area contributed by atoms with Crippen LogP contribution in [0.5, 0.6) is 0 Å². The van der Waals surface area contributed by atoms with E-state index in [1.54, 1.807) is 6.20 Å². The van der Waals surface area contributed by atoms with E-state index in [1.807, 2.05) is 12.1 Å². The van der Waals surface area contributed by atoms with Gasteiger partial charge in [0.1, 0.15) is 5.52 Å². The lowest BCUT2D eigenvalue weighted by Crippen LogP contribution is -1.95. The fraction of sp³-hybridized carbons (Fsp3) is 0.125. The molecule has 0 aliphatic heterocycles. The molecule has 2 aromatic heterocycles. The Morgan fingerprint density at radius 2 is 2.00 bits per heavy atom. The van der Waals surface area contributed by atoms with Gasteiger partial charge < -0.3 is 5.73 Å². The van der Waals surface area contributed by atoms with Gasteiger partial charge in [-0.05, 0) is 31.5 Å². The van der Waals surface area contributed by atoms with Gasteiger partial charge in [-0.1, -0.05) is 29.8 Å². The summed E-state index contributed by atoms with van der Waals surface area (Å²) in [5.41, 5.74) is 10.1. The lowest BCUT2D eigenvalue weighted by atomic mass is 10.1. The molecule has 94 valence electrons. The summed E-state index contributed by atoms with van der Waals surface area (Å²) in [5.74, 6) is 0.484. The molecule has 3 nitrogen and oxygen atoms in total. The quantitative estimate of drug-likeness (QED) is 0.667. The normalized spacial score (nSPS) is 10.8. The third kappa shape index (κ3) is 2.03. The topological polar surface area (TPSA) is 51.8 Å². The van der Waals surface area contributed by atoms with Crippen LogP contribution >= 0.6 is 0 Å². The summed E-state index contributed by atoms with van der Waals surface area (Å²) in [6.45, 7) is 4.16. The first-order valence-corrected chi connectivity index (χ1v) is 6.24. The van der Waals surface area contributed by atoms with Crippen molar-refractivity contribution in [1.82, 2.24) is 9.97 Å². The van der Waals surface area contributed by atoms with Crippen LogP contribution in [0, 0.1) is 0 Å². The van der Waals surface area contributed by atoms with E-state index in [0.29, 0.717) is 5.82 Å². The van der Waals surface area contributed by atoms with Crippen LogP contribution in [0.2, 0.25) is 0 Å². The van der Waals surface area contributed by atoms with Crippen LogP contribution in [-0.2, 0) is 0 Å². The lowest BCUT2D eigenvalue weighted by molar-refractivity contribution is 1.36. The van der Waals surface area contributed by atoms with Gasteiger partial charge in [0, 0.05) is 17.0 Å². The Morgan fingerprint density at radius 1 is 1.16 bits per heavy atom. The number of allylic oxidation sites excluding steroid dienone is 1. The second-order valence-corrected chi connectivity index (χ2v) is 4.89. The van der Waals surface area contributed by atoms with Crippen molar-refractivity contribution in [3.8, 4) is 0 Å². The SMILES string of the molecule is CC(C)=Cc1ccc2c(c1)nc(N)c1ncccc12. The zero-order valence-electron chi connectivity index (χ0n) is 11.0. The number of fused-ring (bicyclic) bond motifs is 3. The van der Waals surface area contributed by atoms with Gasteiger partial charge >= 0.3 is 0 Å². The summed E-state index contributed by atoms with van der Waals surface area (Å²) in [7, 11) is 0. The van der Waals surface area contributed by atoms with E-state index in [0.717, 1.165) is 27.4 Å². The predicted octanol–water partition coefficient (Wildman–Crippen LogP) is 3.79. The van der Waals surface area contributed by atoms with Crippen molar-refractivity contribution in [1.29, 1.82) is 0 Å². The van der Waals surface area contributed by atoms with Gasteiger partial charge in [0.15, 0.2) is 5.82 Å². The lowest BCUT2D eigenvalue weighted by Gasteiger charge is -2.06. The van der Waals surface area contributed by atoms with Crippen molar-refractivity contribution >= 4 is 33.7 Å². The van der Waals surface area contributed by atoms with E-state index >= 15 is 0 Å². The maximum Gasteiger partial charge on any atom is 0.150 e. The van der Waals surface area contributed by atoms with Crippen LogP contribution in [-0.4, -0.2) is 9.97 Å². The zero-order chi connectivity index (χ0) is 13.4. The van der Waals surface area contributed by atoms with E-state index in [-0.39, 0.29) is 0 Å². The first-order valence-electron chi connectivity index (χ1n) is 6.24. The monoisotopic (exact) mass is 249 g/mol. The Kier molecular flexibility index (Phi) is 2.67. The van der Waals surface area contributed by atoms with Gasteiger partial charge in [-0.2, -0.15) is 0 Å². The number of nitrogens with zero attached hydrogens (tertiary/aromatic N) is 2. The third-order valence-electron chi connectivity index (χ3n) is 3.06. The highest BCUT2D eigenvalue weighted by Crippen LogP contribution is 2.27. The second kappa shape index (κ2) is 4.35. The highest BCUT2D eigenvalue weighted by molar-refractivity contribution is 6.08. The molecule has 0 spiro atoms. The zero-order valence-corrected chi connectivity index (χ0v) is 11.0. The summed E-state index contributed by atoms with van der Waals surface area (Å²) in [4.78, 5) is 8.76. The number of rotatable bonds is 1. The summed E-state index contributed by atoms with van der Waals surface area (Å²) in [6.07, 6.45) is 3.87. The molecule has 0 bridgehead atoms. The second-order valence-electron chi connectivity index (χ2n) is 4.89. The molecule has 0 fully saturated rings. The molecule has 0 saturated carbocycles. The number of nitrogens with two attached hydrogens (primary N) is 1. The molecular weight excluding hydrogens is 234 g/mol. The average molecular weight is 249 g/mol. The largest absolute Gasteiger partial charge is 0.382 e. The van der Waals surface area contributed by atoms with E-state index in [9.17, 15) is 0 Å². The molecule has 3 rings (SSSR count). The van der Waals surface area contributed by atoms with E-state index < -0.39 is 0 Å². The molecule has 3 aromatic rings. The summed E-state index contributed by atoms with van der Waals surface area (Å²) >= 11 is 0. The molecule has 0 amide bonds. The average Bonchev–Trinajstić information content (AvgIpc) is 2.38. The van der Waals surface area contributed by atoms with Crippen LogP contribution in [0.4, 0.5) is 5.82 Å². The molecule has 0 aliphatic rings. The fourth-order valence-electron chi connectivity index (χ4n) is 2.30. The first kappa shape index (κ1) is 11.7. The van der Waals surface area contributed by atoms with Crippen molar-refractivity contribution in [2.75, 3.05) is 5.73 Å². The maximum atomic E-state index is 5.98. The van der Waals surface area contributed by atoms with Crippen LogP contribution < -0.4 is 5.73 Å². The van der Waals surface area contributed by atoms with Gasteiger partial charge in [-0.15, -0.1) is 0 Å². The Morgan fingerprint density at radius 3 is 2.79 bits per heavy atom. The Bertz CT molecular complexity index is 800. The number of hydrogen-bond donors (Lipinski definition) is 1. The summed E-state index contributed by atoms with van der Waals surface area (Å²) < 4.78 is 0. The van der Waals surface area contributed by atoms with Gasteiger partial charge in [-0.25, -0.2) is 4.98 Å². The van der Waals surface area contributed by atoms with E-state index in [1.165, 1.54) is 5.57 Å². The number of pyridine rings is 2. The van der Waals surface area contributed by atoms with Crippen molar-refractivity contribution in [3.05, 3.63) is 47.7 Å². The Hall–Kier alpha value is -2.42. The fourth-order valence-corrected chi connectivity index (χ4v) is 2.30. The Labute approximate surface area is 111 Å². The summed E-state index contributed by atoms with van der Waals surface area (Å²) in [5, 5.41) is 2.14. The van der Waals surface area contributed by atoms with Crippen LogP contribution in [0.25, 0.3) is 27.9 Å². The highest BCUT2D eigenvalue weighted by Gasteiger charge is 2.06. The van der Waals surface area contributed by atoms with Crippen LogP contribution in [0.1, 0.15) is 19.4 Å². The van der Waals surface area contributed by atoms with E-state index in [4.69, 9.17) is 5.73 Å². The smallest absolute Gasteiger partial charge is 0.150 e. The van der Waals surface area contributed by atoms with Crippen LogP contribution in [0.15, 0.2) is 42.1 Å². The molecule has 0 radical (unpaired) electrons. The minimum Gasteiger partial charge on any atom is -0.382 e. The molecule has 19 heavy (non-hydrogen) atoms. The molecule has 0 aliphatic carbocycles. The van der Waals surface area contributed by atoms with Gasteiger partial charge in [0.05, 0.1) is 5.52 Å². The highest BCUT2D eigenvalue weighted by atomic mass is 14.9. The van der Waals surface area contributed by atoms with Crippen molar-refractivity contribution < 1.29 is 0 Å². The minimum absolute atomic E-state index is 0.484. The molecule has 0 saturated heterocycles. The maximum absolute atomic E-state index is 5.98. The number of hydrogen-bond acceptors (Lipinski definition) is 3. The number of anilines is 1. The number of aromatic nitrogens is 2. The third-order valence-corrected chi connectivity index (χ3v) is 3.06. The molecule has 2 N–H and O–H groups in total. The molecule has 1 aromatic carbocycles. The van der Waals surface area contributed by atoms with Crippen molar-refractivity contribution in [2.24, 2.45) is 0 Å². The molecule has 0 unspecified atom stereocenters. The predicted molar refractivity (Wildman–Crippen MR) is 80.8 cm³/mol. The summed E-state index contributed by atoms with van der Waals surface area (Å²) in [6, 6.07) is 10.2. The number of nitrogen functional groups attached to an aromatic ring is 1. The van der Waals surface area contributed by atoms with E-state index in [2.05, 4.69) is 48.1 Å². The number of benzene rings is 1. The first-order chi connectivity index (χ1) is 9.15. The van der Waals surface area contributed by atoms with Crippen molar-refractivity contribution in [3.63, 3.8) is 0 Å². The minimum atomic E-state index is 0.484. The standard InChI is InChI=1S/C16H15N3/c1-10(2)8-11-5-6-12-13-4-3-7-18-15(13)16(17)19-14(12)9-11/h3-9H,1-2H3,(H2,17,19). The Balaban J connectivity index is 2.37. The van der Waals surface area contributed by atoms with Crippen molar-refractivity contribution in [2.45, 2.75) is 13.8 Å². The molecule has 0 atom stereocenters. The van der Waals surface area contributed by atoms with Gasteiger partial charge in [-0.3, -0.25) is 4.98 Å². The molecular formula is C16H15N3. The van der Waals surface area contributed by atoms with Gasteiger partial charge in [0.2, 0.25) is 0 Å². The van der Waals surface area contributed by atoms with Crippen LogP contribution in [0.3, 0.4) is 0 Å².